The van der Waals surface area contributed by atoms with Gasteiger partial charge in [-0.15, -0.1) is 0 Å². The second kappa shape index (κ2) is 12.1. The Balaban J connectivity index is 1.39. The SMILES string of the molecule is CCCN1CCC(NC(=NCCN2CCN(c3ccc(F)cc3)CC2)NCC)CC1. The van der Waals surface area contributed by atoms with E-state index in [1.165, 1.54) is 38.9 Å². The topological polar surface area (TPSA) is 46.1 Å². The first-order chi connectivity index (χ1) is 14.7. The van der Waals surface area contributed by atoms with Gasteiger partial charge in [-0.25, -0.2) is 4.39 Å². The quantitative estimate of drug-likeness (QED) is 0.501. The van der Waals surface area contributed by atoms with Crippen LogP contribution in [0.4, 0.5) is 10.1 Å². The van der Waals surface area contributed by atoms with Gasteiger partial charge in [0.1, 0.15) is 5.82 Å². The molecule has 0 aromatic heterocycles. The van der Waals surface area contributed by atoms with Crippen molar-refractivity contribution in [2.24, 2.45) is 4.99 Å². The van der Waals surface area contributed by atoms with Crippen molar-refractivity contribution in [1.29, 1.82) is 0 Å². The molecule has 2 aliphatic heterocycles. The van der Waals surface area contributed by atoms with E-state index in [9.17, 15) is 4.39 Å². The number of piperazine rings is 1. The van der Waals surface area contributed by atoms with Crippen LogP contribution in [0.15, 0.2) is 29.3 Å². The molecule has 7 heteroatoms. The van der Waals surface area contributed by atoms with E-state index in [1.807, 2.05) is 12.1 Å². The van der Waals surface area contributed by atoms with Gasteiger partial charge < -0.3 is 20.4 Å². The number of anilines is 1. The molecule has 2 saturated heterocycles. The minimum Gasteiger partial charge on any atom is -0.369 e. The molecule has 168 valence electrons. The third-order valence-electron chi connectivity index (χ3n) is 6.06. The number of guanidine groups is 1. The molecule has 0 atom stereocenters. The standard InChI is InChI=1S/C23H39FN6/c1-3-12-28-13-9-21(10-14-28)27-23(25-4-2)26-11-15-29-16-18-30(19-17-29)22-7-5-20(24)6-8-22/h5-8,21H,3-4,9-19H2,1-2H3,(H2,25,26,27). The predicted molar refractivity (Wildman–Crippen MR) is 124 cm³/mol. The van der Waals surface area contributed by atoms with Gasteiger partial charge in [-0.2, -0.15) is 0 Å². The van der Waals surface area contributed by atoms with Crippen LogP contribution in [0.25, 0.3) is 0 Å². The van der Waals surface area contributed by atoms with Gasteiger partial charge in [0, 0.05) is 64.1 Å². The fourth-order valence-corrected chi connectivity index (χ4v) is 4.32. The summed E-state index contributed by atoms with van der Waals surface area (Å²) in [5.41, 5.74) is 1.11. The summed E-state index contributed by atoms with van der Waals surface area (Å²) in [6.07, 6.45) is 3.62. The number of likely N-dealkylation sites (tertiary alicyclic amines) is 1. The first kappa shape index (κ1) is 22.8. The summed E-state index contributed by atoms with van der Waals surface area (Å²) in [6, 6.07) is 7.35. The van der Waals surface area contributed by atoms with Gasteiger partial charge in [0.2, 0.25) is 0 Å². The van der Waals surface area contributed by atoms with Gasteiger partial charge in [-0.05, 0) is 57.0 Å². The van der Waals surface area contributed by atoms with E-state index < -0.39 is 0 Å². The number of halogens is 1. The molecule has 2 fully saturated rings. The van der Waals surface area contributed by atoms with Crippen molar-refractivity contribution in [2.75, 3.05) is 70.3 Å². The first-order valence-electron chi connectivity index (χ1n) is 11.7. The van der Waals surface area contributed by atoms with Gasteiger partial charge in [0.25, 0.3) is 0 Å². The van der Waals surface area contributed by atoms with Crippen LogP contribution in [0, 0.1) is 5.82 Å². The Morgan fingerprint density at radius 2 is 1.63 bits per heavy atom. The van der Waals surface area contributed by atoms with Gasteiger partial charge >= 0.3 is 0 Å². The van der Waals surface area contributed by atoms with E-state index in [1.54, 1.807) is 12.1 Å². The van der Waals surface area contributed by atoms with Crippen molar-refractivity contribution < 1.29 is 4.39 Å². The highest BCUT2D eigenvalue weighted by atomic mass is 19.1. The van der Waals surface area contributed by atoms with Crippen molar-refractivity contribution >= 4 is 11.6 Å². The van der Waals surface area contributed by atoms with Crippen LogP contribution in [-0.4, -0.2) is 87.2 Å². The fraction of sp³-hybridized carbons (Fsp3) is 0.696. The first-order valence-corrected chi connectivity index (χ1v) is 11.7. The minimum atomic E-state index is -0.174. The van der Waals surface area contributed by atoms with E-state index in [4.69, 9.17) is 4.99 Å². The van der Waals surface area contributed by atoms with Gasteiger partial charge in [0.05, 0.1) is 6.54 Å². The summed E-state index contributed by atoms with van der Waals surface area (Å²) >= 11 is 0. The maximum atomic E-state index is 13.1. The molecule has 0 amide bonds. The third-order valence-corrected chi connectivity index (χ3v) is 6.06. The lowest BCUT2D eigenvalue weighted by Gasteiger charge is -2.36. The zero-order chi connectivity index (χ0) is 21.2. The van der Waals surface area contributed by atoms with Crippen molar-refractivity contribution in [1.82, 2.24) is 20.4 Å². The molecule has 2 aliphatic rings. The number of benzene rings is 1. The molecule has 1 aromatic rings. The van der Waals surface area contributed by atoms with Crippen molar-refractivity contribution in [3.8, 4) is 0 Å². The monoisotopic (exact) mass is 418 g/mol. The maximum absolute atomic E-state index is 13.1. The summed E-state index contributed by atoms with van der Waals surface area (Å²) in [7, 11) is 0. The molecule has 0 bridgehead atoms. The molecule has 0 radical (unpaired) electrons. The zero-order valence-corrected chi connectivity index (χ0v) is 18.7. The number of aliphatic imine (C=N–C) groups is 1. The molecule has 30 heavy (non-hydrogen) atoms. The van der Waals surface area contributed by atoms with Gasteiger partial charge in [-0.1, -0.05) is 6.92 Å². The van der Waals surface area contributed by atoms with Crippen molar-refractivity contribution in [2.45, 2.75) is 39.2 Å². The van der Waals surface area contributed by atoms with Crippen LogP contribution in [0.1, 0.15) is 33.1 Å². The molecule has 0 unspecified atom stereocenters. The summed E-state index contributed by atoms with van der Waals surface area (Å²) in [6.45, 7) is 14.6. The Morgan fingerprint density at radius 1 is 0.967 bits per heavy atom. The van der Waals surface area contributed by atoms with E-state index in [0.29, 0.717) is 6.04 Å². The average molecular weight is 419 g/mol. The highest BCUT2D eigenvalue weighted by Crippen LogP contribution is 2.16. The molecule has 2 heterocycles. The number of hydrogen-bond donors (Lipinski definition) is 2. The van der Waals surface area contributed by atoms with Crippen molar-refractivity contribution in [3.63, 3.8) is 0 Å². The Hall–Kier alpha value is -1.86. The molecule has 0 saturated carbocycles. The Bertz CT molecular complexity index is 634. The third kappa shape index (κ3) is 7.13. The largest absolute Gasteiger partial charge is 0.369 e. The van der Waals surface area contributed by atoms with Gasteiger partial charge in [-0.3, -0.25) is 9.89 Å². The summed E-state index contributed by atoms with van der Waals surface area (Å²) in [5.74, 6) is 0.781. The molecule has 2 N–H and O–H groups in total. The highest BCUT2D eigenvalue weighted by Gasteiger charge is 2.20. The number of hydrogen-bond acceptors (Lipinski definition) is 4. The van der Waals surface area contributed by atoms with Crippen LogP contribution >= 0.6 is 0 Å². The Kier molecular flexibility index (Phi) is 9.21. The van der Waals surface area contributed by atoms with Crippen molar-refractivity contribution in [3.05, 3.63) is 30.1 Å². The number of rotatable bonds is 8. The Labute approximate surface area is 181 Å². The summed E-state index contributed by atoms with van der Waals surface area (Å²) in [4.78, 5) is 12.2. The van der Waals surface area contributed by atoms with E-state index in [2.05, 4.69) is 39.2 Å². The molecule has 3 rings (SSSR count). The molecule has 0 aliphatic carbocycles. The fourth-order valence-electron chi connectivity index (χ4n) is 4.32. The van der Waals surface area contributed by atoms with Crippen LogP contribution in [0.5, 0.6) is 0 Å². The summed E-state index contributed by atoms with van der Waals surface area (Å²) < 4.78 is 13.1. The summed E-state index contributed by atoms with van der Waals surface area (Å²) in [5, 5.41) is 7.05. The smallest absolute Gasteiger partial charge is 0.191 e. The lowest BCUT2D eigenvalue weighted by atomic mass is 10.1. The zero-order valence-electron chi connectivity index (χ0n) is 18.7. The molecule has 1 aromatic carbocycles. The predicted octanol–water partition coefficient (Wildman–Crippen LogP) is 2.38. The highest BCUT2D eigenvalue weighted by molar-refractivity contribution is 5.80. The lowest BCUT2D eigenvalue weighted by Crippen LogP contribution is -2.49. The Morgan fingerprint density at radius 3 is 2.27 bits per heavy atom. The molecular formula is C23H39FN6. The average Bonchev–Trinajstić information content (AvgIpc) is 2.76. The van der Waals surface area contributed by atoms with E-state index >= 15 is 0 Å². The lowest BCUT2D eigenvalue weighted by molar-refractivity contribution is 0.206. The second-order valence-corrected chi connectivity index (χ2v) is 8.33. The van der Waals surface area contributed by atoms with Crippen LogP contribution in [0.3, 0.4) is 0 Å². The number of nitrogens with zero attached hydrogens (tertiary/aromatic N) is 4. The van der Waals surface area contributed by atoms with Crippen LogP contribution in [0.2, 0.25) is 0 Å². The second-order valence-electron chi connectivity index (χ2n) is 8.33. The number of piperidine rings is 1. The molecule has 0 spiro atoms. The van der Waals surface area contributed by atoms with Gasteiger partial charge in [0.15, 0.2) is 5.96 Å². The molecule has 6 nitrogen and oxygen atoms in total. The van der Waals surface area contributed by atoms with Crippen LogP contribution < -0.4 is 15.5 Å². The minimum absolute atomic E-state index is 0.174. The van der Waals surface area contributed by atoms with E-state index in [-0.39, 0.29) is 5.82 Å². The normalized spacial score (nSPS) is 19.8. The number of nitrogens with one attached hydrogen (secondary N) is 2. The van der Waals surface area contributed by atoms with E-state index in [0.717, 1.165) is 57.5 Å². The molecular weight excluding hydrogens is 379 g/mol. The van der Waals surface area contributed by atoms with Crippen LogP contribution in [-0.2, 0) is 0 Å². The maximum Gasteiger partial charge on any atom is 0.191 e.